The van der Waals surface area contributed by atoms with Crippen LogP contribution in [0.3, 0.4) is 0 Å². The lowest BCUT2D eigenvalue weighted by Crippen LogP contribution is -2.32. The van der Waals surface area contributed by atoms with E-state index in [0.717, 1.165) is 49.4 Å². The summed E-state index contributed by atoms with van der Waals surface area (Å²) in [7, 11) is 8.70. The van der Waals surface area contributed by atoms with Crippen molar-refractivity contribution in [1.82, 2.24) is 4.90 Å². The standard InChI is InChI=1S/C28H40N2O4/c1-20(2)28(19-29,23-10-11-24(31-5)27(18-23)34-8)13-9-14-30(4)15-12-22-17-26(33-7)25(32-6)16-21(22)3/h10-11,16-18,20H,9,12-15H2,1-8H3. The Kier molecular flexibility index (Phi) is 10.1. The summed E-state index contributed by atoms with van der Waals surface area (Å²) in [5.74, 6) is 3.01. The van der Waals surface area contributed by atoms with E-state index >= 15 is 0 Å². The van der Waals surface area contributed by atoms with Crippen LogP contribution in [0.1, 0.15) is 43.4 Å². The van der Waals surface area contributed by atoms with Gasteiger partial charge in [-0.05, 0) is 86.7 Å². The molecule has 1 unspecified atom stereocenters. The Labute approximate surface area is 205 Å². The molecule has 0 aliphatic heterocycles. The molecule has 6 heteroatoms. The van der Waals surface area contributed by atoms with Gasteiger partial charge in [-0.1, -0.05) is 19.9 Å². The van der Waals surface area contributed by atoms with Gasteiger partial charge in [0.25, 0.3) is 0 Å². The maximum atomic E-state index is 10.3. The van der Waals surface area contributed by atoms with Gasteiger partial charge in [0, 0.05) is 6.54 Å². The Balaban J connectivity index is 2.06. The van der Waals surface area contributed by atoms with Crippen LogP contribution >= 0.6 is 0 Å². The first-order valence-corrected chi connectivity index (χ1v) is 11.8. The van der Waals surface area contributed by atoms with Gasteiger partial charge in [0.1, 0.15) is 0 Å². The predicted octanol–water partition coefficient (Wildman–Crippen LogP) is 5.40. The first-order chi connectivity index (χ1) is 16.3. The molecule has 0 radical (unpaired) electrons. The number of hydrogen-bond acceptors (Lipinski definition) is 6. The monoisotopic (exact) mass is 468 g/mol. The molecule has 0 spiro atoms. The summed E-state index contributed by atoms with van der Waals surface area (Å²) in [5, 5.41) is 10.3. The summed E-state index contributed by atoms with van der Waals surface area (Å²) in [5.41, 5.74) is 2.85. The predicted molar refractivity (Wildman–Crippen MR) is 136 cm³/mol. The molecular formula is C28H40N2O4. The highest BCUT2D eigenvalue weighted by molar-refractivity contribution is 5.48. The van der Waals surface area contributed by atoms with Crippen LogP contribution in [0.25, 0.3) is 0 Å². The number of rotatable bonds is 13. The van der Waals surface area contributed by atoms with E-state index in [0.29, 0.717) is 11.5 Å². The summed E-state index contributed by atoms with van der Waals surface area (Å²) >= 11 is 0. The third-order valence-electron chi connectivity index (χ3n) is 6.80. The molecule has 34 heavy (non-hydrogen) atoms. The quantitative estimate of drug-likeness (QED) is 0.392. The van der Waals surface area contributed by atoms with Crippen LogP contribution in [0.2, 0.25) is 0 Å². The molecule has 0 aliphatic carbocycles. The number of ether oxygens (including phenoxy) is 4. The lowest BCUT2D eigenvalue weighted by Gasteiger charge is -2.32. The number of aryl methyl sites for hydroxylation is 1. The highest BCUT2D eigenvalue weighted by atomic mass is 16.5. The van der Waals surface area contributed by atoms with Gasteiger partial charge in [0.2, 0.25) is 0 Å². The van der Waals surface area contributed by atoms with Crippen molar-refractivity contribution < 1.29 is 18.9 Å². The summed E-state index contributed by atoms with van der Waals surface area (Å²) in [6.07, 6.45) is 2.61. The van der Waals surface area contributed by atoms with Crippen molar-refractivity contribution in [2.75, 3.05) is 48.6 Å². The van der Waals surface area contributed by atoms with E-state index in [2.05, 4.69) is 44.9 Å². The van der Waals surface area contributed by atoms with E-state index < -0.39 is 5.41 Å². The summed E-state index contributed by atoms with van der Waals surface area (Å²) in [6.45, 7) is 8.17. The summed E-state index contributed by atoms with van der Waals surface area (Å²) < 4.78 is 21.7. The molecule has 0 heterocycles. The van der Waals surface area contributed by atoms with Gasteiger partial charge in [-0.25, -0.2) is 0 Å². The molecule has 0 aliphatic rings. The van der Waals surface area contributed by atoms with Crippen molar-refractivity contribution in [3.63, 3.8) is 0 Å². The van der Waals surface area contributed by atoms with Crippen LogP contribution in [0.15, 0.2) is 30.3 Å². The zero-order valence-corrected chi connectivity index (χ0v) is 22.0. The molecule has 2 rings (SSSR count). The molecule has 6 nitrogen and oxygen atoms in total. The van der Waals surface area contributed by atoms with E-state index in [-0.39, 0.29) is 5.92 Å². The minimum atomic E-state index is -0.583. The van der Waals surface area contributed by atoms with Crippen molar-refractivity contribution in [3.05, 3.63) is 47.0 Å². The molecule has 2 aromatic rings. The first kappa shape index (κ1) is 27.3. The van der Waals surface area contributed by atoms with Crippen LogP contribution in [-0.4, -0.2) is 53.5 Å². The SMILES string of the molecule is COc1ccc(C(C#N)(CCCN(C)CCc2cc(OC)c(OC)cc2C)C(C)C)cc1OC. The Morgan fingerprint density at radius 3 is 2.03 bits per heavy atom. The Bertz CT molecular complexity index is 983. The van der Waals surface area contributed by atoms with Crippen LogP contribution in [-0.2, 0) is 11.8 Å². The molecule has 0 amide bonds. The van der Waals surface area contributed by atoms with E-state index in [1.54, 1.807) is 28.4 Å². The minimum Gasteiger partial charge on any atom is -0.493 e. The molecule has 1 atom stereocenters. The number of hydrogen-bond donors (Lipinski definition) is 0. The topological polar surface area (TPSA) is 64.0 Å². The second kappa shape index (κ2) is 12.5. The largest absolute Gasteiger partial charge is 0.493 e. The fourth-order valence-corrected chi connectivity index (χ4v) is 4.47. The summed E-state index contributed by atoms with van der Waals surface area (Å²) in [6, 6.07) is 12.6. The van der Waals surface area contributed by atoms with Gasteiger partial charge in [-0.2, -0.15) is 5.26 Å². The average molecular weight is 469 g/mol. The zero-order chi connectivity index (χ0) is 25.3. The molecule has 0 bridgehead atoms. The highest BCUT2D eigenvalue weighted by Gasteiger charge is 2.36. The number of benzene rings is 2. The minimum absolute atomic E-state index is 0.162. The van der Waals surface area contributed by atoms with E-state index in [4.69, 9.17) is 18.9 Å². The maximum absolute atomic E-state index is 10.3. The smallest absolute Gasteiger partial charge is 0.161 e. The number of nitrogens with zero attached hydrogens (tertiary/aromatic N) is 2. The van der Waals surface area contributed by atoms with Crippen LogP contribution < -0.4 is 18.9 Å². The number of likely N-dealkylation sites (N-methyl/N-ethyl adjacent to an activating group) is 1. The molecule has 0 fully saturated rings. The average Bonchev–Trinajstić information content (AvgIpc) is 2.85. The van der Waals surface area contributed by atoms with Gasteiger partial charge in [0.15, 0.2) is 23.0 Å². The van der Waals surface area contributed by atoms with Gasteiger partial charge < -0.3 is 23.8 Å². The molecule has 0 aromatic heterocycles. The Morgan fingerprint density at radius 2 is 1.47 bits per heavy atom. The molecular weight excluding hydrogens is 428 g/mol. The summed E-state index contributed by atoms with van der Waals surface area (Å²) in [4.78, 5) is 2.33. The Morgan fingerprint density at radius 1 is 0.882 bits per heavy atom. The first-order valence-electron chi connectivity index (χ1n) is 11.8. The second-order valence-electron chi connectivity index (χ2n) is 9.10. The van der Waals surface area contributed by atoms with Crippen molar-refractivity contribution in [2.24, 2.45) is 5.92 Å². The molecule has 186 valence electrons. The number of nitriles is 1. The van der Waals surface area contributed by atoms with Gasteiger partial charge in [-0.15, -0.1) is 0 Å². The lowest BCUT2D eigenvalue weighted by atomic mass is 9.69. The normalized spacial score (nSPS) is 12.9. The van der Waals surface area contributed by atoms with Crippen molar-refractivity contribution in [2.45, 2.75) is 45.4 Å². The fraction of sp³-hybridized carbons (Fsp3) is 0.536. The zero-order valence-electron chi connectivity index (χ0n) is 22.0. The second-order valence-corrected chi connectivity index (χ2v) is 9.10. The van der Waals surface area contributed by atoms with Gasteiger partial charge in [0.05, 0.1) is 39.9 Å². The van der Waals surface area contributed by atoms with Crippen LogP contribution in [0.5, 0.6) is 23.0 Å². The van der Waals surface area contributed by atoms with Gasteiger partial charge in [-0.3, -0.25) is 0 Å². The molecule has 0 N–H and O–H groups in total. The number of methoxy groups -OCH3 is 4. The van der Waals surface area contributed by atoms with E-state index in [9.17, 15) is 5.26 Å². The third kappa shape index (κ3) is 6.15. The maximum Gasteiger partial charge on any atom is 0.161 e. The molecule has 0 saturated carbocycles. The van der Waals surface area contributed by atoms with Crippen molar-refractivity contribution in [3.8, 4) is 29.1 Å². The fourth-order valence-electron chi connectivity index (χ4n) is 4.47. The molecule has 0 saturated heterocycles. The lowest BCUT2D eigenvalue weighted by molar-refractivity contribution is 0.292. The highest BCUT2D eigenvalue weighted by Crippen LogP contribution is 2.40. The third-order valence-corrected chi connectivity index (χ3v) is 6.80. The molecule has 2 aromatic carbocycles. The van der Waals surface area contributed by atoms with Gasteiger partial charge >= 0.3 is 0 Å². The van der Waals surface area contributed by atoms with E-state index in [1.807, 2.05) is 24.3 Å². The Hall–Kier alpha value is -2.91. The van der Waals surface area contributed by atoms with E-state index in [1.165, 1.54) is 11.1 Å². The van der Waals surface area contributed by atoms with Crippen LogP contribution in [0.4, 0.5) is 0 Å². The van der Waals surface area contributed by atoms with Crippen molar-refractivity contribution in [1.29, 1.82) is 5.26 Å². The van der Waals surface area contributed by atoms with Crippen LogP contribution in [0, 0.1) is 24.2 Å². The van der Waals surface area contributed by atoms with Crippen molar-refractivity contribution >= 4 is 0 Å².